The summed E-state index contributed by atoms with van der Waals surface area (Å²) >= 11 is 0. The summed E-state index contributed by atoms with van der Waals surface area (Å²) in [6.07, 6.45) is 4.14. The van der Waals surface area contributed by atoms with Gasteiger partial charge in [-0.1, -0.05) is 24.6 Å². The summed E-state index contributed by atoms with van der Waals surface area (Å²) in [6.45, 7) is 0. The van der Waals surface area contributed by atoms with E-state index in [0.717, 1.165) is 5.92 Å². The molecule has 2 aromatic rings. The Hall–Kier alpha value is -1.24. The number of aromatic amines is 1. The van der Waals surface area contributed by atoms with E-state index >= 15 is 0 Å². The zero-order valence-corrected chi connectivity index (χ0v) is 7.59. The number of nitrogens with one attached hydrogen (secondary N) is 1. The summed E-state index contributed by atoms with van der Waals surface area (Å²) < 4.78 is 0. The van der Waals surface area contributed by atoms with Crippen LogP contribution in [0, 0.1) is 0 Å². The molecule has 0 aliphatic heterocycles. The number of H-pyrrole nitrogens is 1. The van der Waals surface area contributed by atoms with E-state index in [1.54, 1.807) is 0 Å². The normalized spacial score (nSPS) is 17.5. The van der Waals surface area contributed by atoms with Crippen molar-refractivity contribution >= 4 is 10.9 Å². The van der Waals surface area contributed by atoms with Gasteiger partial charge in [-0.3, -0.25) is 0 Å². The van der Waals surface area contributed by atoms with E-state index < -0.39 is 0 Å². The quantitative estimate of drug-likeness (QED) is 0.676. The number of hydrogen-bond donors (Lipinski definition) is 1. The van der Waals surface area contributed by atoms with Crippen LogP contribution in [0.2, 0.25) is 0 Å². The summed E-state index contributed by atoms with van der Waals surface area (Å²) in [4.78, 5) is 3.50. The third-order valence-electron chi connectivity index (χ3n) is 3.10. The summed E-state index contributed by atoms with van der Waals surface area (Å²) in [5.74, 6) is 0.812. The first kappa shape index (κ1) is 7.19. The van der Waals surface area contributed by atoms with Gasteiger partial charge in [0.15, 0.2) is 0 Å². The molecule has 0 bridgehead atoms. The maximum absolute atomic E-state index is 3.50. The van der Waals surface area contributed by atoms with Crippen LogP contribution in [0.4, 0.5) is 0 Å². The molecule has 0 saturated heterocycles. The number of benzene rings is 1. The van der Waals surface area contributed by atoms with Gasteiger partial charge in [0.25, 0.3) is 0 Å². The van der Waals surface area contributed by atoms with Gasteiger partial charge in [0.05, 0.1) is 0 Å². The number of aromatic nitrogens is 1. The first-order valence-corrected chi connectivity index (χ1v) is 5.01. The lowest BCUT2D eigenvalue weighted by atomic mass is 9.83. The summed E-state index contributed by atoms with van der Waals surface area (Å²) in [6, 6.07) is 10.8. The third-order valence-corrected chi connectivity index (χ3v) is 3.10. The molecule has 0 amide bonds. The minimum absolute atomic E-state index is 0.812. The highest BCUT2D eigenvalue weighted by Gasteiger charge is 2.20. The van der Waals surface area contributed by atoms with Crippen LogP contribution in [0.5, 0.6) is 0 Å². The molecular formula is C12H13N. The lowest BCUT2D eigenvalue weighted by Crippen LogP contribution is -2.08. The lowest BCUT2D eigenvalue weighted by molar-refractivity contribution is 0.413. The van der Waals surface area contributed by atoms with Crippen molar-refractivity contribution in [2.24, 2.45) is 0 Å². The molecule has 1 nitrogen and oxygen atoms in total. The minimum Gasteiger partial charge on any atom is -0.358 e. The molecule has 0 radical (unpaired) electrons. The van der Waals surface area contributed by atoms with E-state index in [1.165, 1.54) is 35.9 Å². The zero-order chi connectivity index (χ0) is 8.67. The third kappa shape index (κ3) is 1.07. The van der Waals surface area contributed by atoms with Gasteiger partial charge < -0.3 is 4.98 Å². The molecule has 1 heteroatoms. The van der Waals surface area contributed by atoms with Crippen molar-refractivity contribution in [1.29, 1.82) is 0 Å². The molecule has 1 aromatic heterocycles. The Morgan fingerprint density at radius 3 is 2.69 bits per heavy atom. The fraction of sp³-hybridized carbons (Fsp3) is 0.333. The Morgan fingerprint density at radius 2 is 2.00 bits per heavy atom. The van der Waals surface area contributed by atoms with Gasteiger partial charge in [-0.2, -0.15) is 0 Å². The van der Waals surface area contributed by atoms with Crippen molar-refractivity contribution in [3.63, 3.8) is 0 Å². The molecule has 66 valence electrons. The molecule has 1 heterocycles. The molecule has 1 saturated carbocycles. The first-order chi connectivity index (χ1) is 6.43. The fourth-order valence-corrected chi connectivity index (χ4v) is 2.03. The smallest absolute Gasteiger partial charge is 0.0456 e. The topological polar surface area (TPSA) is 15.8 Å². The van der Waals surface area contributed by atoms with Gasteiger partial charge in [0.2, 0.25) is 0 Å². The second kappa shape index (κ2) is 2.63. The average Bonchev–Trinajstić information content (AvgIpc) is 2.43. The van der Waals surface area contributed by atoms with E-state index in [0.29, 0.717) is 0 Å². The van der Waals surface area contributed by atoms with Crippen molar-refractivity contribution in [2.75, 3.05) is 0 Å². The highest BCUT2D eigenvalue weighted by Crippen LogP contribution is 2.36. The Bertz CT molecular complexity index is 390. The predicted molar refractivity (Wildman–Crippen MR) is 54.9 cm³/mol. The van der Waals surface area contributed by atoms with Crippen LogP contribution in [0.3, 0.4) is 0 Å². The van der Waals surface area contributed by atoms with Gasteiger partial charge in [-0.25, -0.2) is 0 Å². The summed E-state index contributed by atoms with van der Waals surface area (Å²) in [5.41, 5.74) is 2.72. The van der Waals surface area contributed by atoms with Crippen molar-refractivity contribution in [3.8, 4) is 0 Å². The minimum atomic E-state index is 0.812. The number of rotatable bonds is 1. The monoisotopic (exact) mass is 171 g/mol. The van der Waals surface area contributed by atoms with Crippen molar-refractivity contribution in [3.05, 3.63) is 36.0 Å². The molecule has 1 aliphatic rings. The lowest BCUT2D eigenvalue weighted by Gasteiger charge is -2.23. The number of fused-ring (bicyclic) bond motifs is 1. The van der Waals surface area contributed by atoms with Gasteiger partial charge in [0, 0.05) is 11.2 Å². The van der Waals surface area contributed by atoms with E-state index in [-0.39, 0.29) is 0 Å². The Labute approximate surface area is 77.8 Å². The van der Waals surface area contributed by atoms with Crippen LogP contribution in [0.1, 0.15) is 30.9 Å². The predicted octanol–water partition coefficient (Wildman–Crippen LogP) is 3.44. The molecule has 0 atom stereocenters. The molecule has 0 spiro atoms. The highest BCUT2D eigenvalue weighted by molar-refractivity contribution is 5.80. The standard InChI is InChI=1S/C12H13N/c1-2-7-11-10(4-1)8-12(13-11)9-5-3-6-9/h1-2,4,7-9,13H,3,5-6H2. The van der Waals surface area contributed by atoms with Gasteiger partial charge in [-0.15, -0.1) is 0 Å². The second-order valence-electron chi connectivity index (χ2n) is 3.94. The fourth-order valence-electron chi connectivity index (χ4n) is 2.03. The summed E-state index contributed by atoms with van der Waals surface area (Å²) in [7, 11) is 0. The van der Waals surface area contributed by atoms with E-state index in [1.807, 2.05) is 0 Å². The zero-order valence-electron chi connectivity index (χ0n) is 7.59. The molecule has 1 aromatic carbocycles. The largest absolute Gasteiger partial charge is 0.358 e. The van der Waals surface area contributed by atoms with E-state index in [4.69, 9.17) is 0 Å². The summed E-state index contributed by atoms with van der Waals surface area (Å²) in [5, 5.41) is 1.35. The SMILES string of the molecule is c1ccc2[nH]c(C3CCC3)cc2c1. The van der Waals surface area contributed by atoms with Crippen molar-refractivity contribution in [2.45, 2.75) is 25.2 Å². The van der Waals surface area contributed by atoms with Crippen molar-refractivity contribution in [1.82, 2.24) is 4.98 Å². The molecule has 13 heavy (non-hydrogen) atoms. The van der Waals surface area contributed by atoms with Crippen LogP contribution in [-0.2, 0) is 0 Å². The Morgan fingerprint density at radius 1 is 1.15 bits per heavy atom. The average molecular weight is 171 g/mol. The number of hydrogen-bond acceptors (Lipinski definition) is 0. The van der Waals surface area contributed by atoms with Crippen LogP contribution in [-0.4, -0.2) is 4.98 Å². The van der Waals surface area contributed by atoms with E-state index in [9.17, 15) is 0 Å². The Kier molecular flexibility index (Phi) is 1.45. The molecule has 3 rings (SSSR count). The molecule has 0 unspecified atom stereocenters. The Balaban J connectivity index is 2.10. The molecule has 1 fully saturated rings. The number of para-hydroxylation sites is 1. The highest BCUT2D eigenvalue weighted by atomic mass is 14.7. The maximum atomic E-state index is 3.50. The molecule has 1 N–H and O–H groups in total. The van der Waals surface area contributed by atoms with Gasteiger partial charge in [-0.05, 0) is 36.3 Å². The van der Waals surface area contributed by atoms with Crippen LogP contribution < -0.4 is 0 Å². The van der Waals surface area contributed by atoms with Crippen LogP contribution in [0.15, 0.2) is 30.3 Å². The first-order valence-electron chi connectivity index (χ1n) is 5.01. The van der Waals surface area contributed by atoms with Crippen LogP contribution >= 0.6 is 0 Å². The van der Waals surface area contributed by atoms with Crippen LogP contribution in [0.25, 0.3) is 10.9 Å². The molecule has 1 aliphatic carbocycles. The molecular weight excluding hydrogens is 158 g/mol. The van der Waals surface area contributed by atoms with Gasteiger partial charge in [0.1, 0.15) is 0 Å². The second-order valence-corrected chi connectivity index (χ2v) is 3.94. The maximum Gasteiger partial charge on any atom is 0.0456 e. The van der Waals surface area contributed by atoms with Crippen molar-refractivity contribution < 1.29 is 0 Å². The van der Waals surface area contributed by atoms with Gasteiger partial charge >= 0.3 is 0 Å². The van der Waals surface area contributed by atoms with E-state index in [2.05, 4.69) is 35.3 Å².